The van der Waals surface area contributed by atoms with Crippen LogP contribution in [0.4, 0.5) is 0 Å². The Labute approximate surface area is 147 Å². The predicted octanol–water partition coefficient (Wildman–Crippen LogP) is 5.15. The molecule has 0 aliphatic carbocycles. The van der Waals surface area contributed by atoms with E-state index < -0.39 is 0 Å². The van der Waals surface area contributed by atoms with E-state index in [1.54, 1.807) is 12.1 Å². The van der Waals surface area contributed by atoms with Crippen molar-refractivity contribution in [2.24, 2.45) is 0 Å². The summed E-state index contributed by atoms with van der Waals surface area (Å²) in [5.41, 5.74) is 1.53. The summed E-state index contributed by atoms with van der Waals surface area (Å²) in [5.74, 6) is -0.258. The average Bonchev–Trinajstić information content (AvgIpc) is 2.61. The second kappa shape index (κ2) is 9.14. The lowest BCUT2D eigenvalue weighted by Crippen LogP contribution is -2.06. The van der Waals surface area contributed by atoms with Crippen LogP contribution in [0.15, 0.2) is 54.7 Å². The normalized spacial score (nSPS) is 11.3. The van der Waals surface area contributed by atoms with Crippen molar-refractivity contribution in [1.82, 2.24) is 4.98 Å². The summed E-state index contributed by atoms with van der Waals surface area (Å²) >= 11 is 5.78. The van der Waals surface area contributed by atoms with Gasteiger partial charge in [-0.15, -0.1) is 0 Å². The third-order valence-corrected chi connectivity index (χ3v) is 3.87. The molecule has 0 aliphatic heterocycles. The van der Waals surface area contributed by atoms with Gasteiger partial charge in [-0.2, -0.15) is 0 Å². The first-order valence-corrected chi connectivity index (χ1v) is 8.46. The molecule has 1 aromatic carbocycles. The summed E-state index contributed by atoms with van der Waals surface area (Å²) in [7, 11) is 0. The molecule has 3 nitrogen and oxygen atoms in total. The molecular formula is C20H20ClNO2. The molecule has 0 atom stereocenters. The highest BCUT2D eigenvalue weighted by Gasteiger charge is 2.16. The molecule has 24 heavy (non-hydrogen) atoms. The number of halogens is 1. The van der Waals surface area contributed by atoms with E-state index in [-0.39, 0.29) is 11.6 Å². The summed E-state index contributed by atoms with van der Waals surface area (Å²) in [5, 5.41) is 0.326. The highest BCUT2D eigenvalue weighted by Crippen LogP contribution is 2.21. The Bertz CT molecular complexity index is 721. The number of carbonyl (C=O) groups is 2. The molecule has 0 fully saturated rings. The molecule has 0 saturated heterocycles. The second-order valence-electron chi connectivity index (χ2n) is 5.55. The zero-order valence-electron chi connectivity index (χ0n) is 13.7. The number of aromatic nitrogens is 1. The molecule has 0 bridgehead atoms. The molecule has 1 aromatic heterocycles. The second-order valence-corrected chi connectivity index (χ2v) is 5.93. The third-order valence-electron chi connectivity index (χ3n) is 3.65. The highest BCUT2D eigenvalue weighted by atomic mass is 35.5. The van der Waals surface area contributed by atoms with E-state index in [9.17, 15) is 9.59 Å². The third kappa shape index (κ3) is 5.14. The van der Waals surface area contributed by atoms with Crippen molar-refractivity contribution in [3.05, 3.63) is 71.0 Å². The Kier molecular flexibility index (Phi) is 6.89. The molecule has 0 saturated carbocycles. The minimum atomic E-state index is -0.228. The van der Waals surface area contributed by atoms with Crippen LogP contribution in [0.25, 0.3) is 5.57 Å². The van der Waals surface area contributed by atoms with E-state index >= 15 is 0 Å². The van der Waals surface area contributed by atoms with Crippen molar-refractivity contribution >= 4 is 28.7 Å². The van der Waals surface area contributed by atoms with Crippen LogP contribution < -0.4 is 0 Å². The number of Topliss-reactive ketones (excluding diaryl/α,β-unsaturated/α-hetero) is 1. The molecule has 0 radical (unpaired) electrons. The van der Waals surface area contributed by atoms with Crippen molar-refractivity contribution < 1.29 is 9.59 Å². The van der Waals surface area contributed by atoms with Crippen LogP contribution in [0.1, 0.15) is 48.5 Å². The number of carbonyl (C=O) groups excluding carboxylic acids is 2. The van der Waals surface area contributed by atoms with Gasteiger partial charge < -0.3 is 0 Å². The van der Waals surface area contributed by atoms with E-state index in [0.29, 0.717) is 22.7 Å². The quantitative estimate of drug-likeness (QED) is 0.288. The maximum Gasteiger partial charge on any atom is 0.195 e. The van der Waals surface area contributed by atoms with E-state index in [4.69, 9.17) is 11.6 Å². The summed E-state index contributed by atoms with van der Waals surface area (Å²) in [4.78, 5) is 29.0. The number of hydrogen-bond acceptors (Lipinski definition) is 3. The highest BCUT2D eigenvalue weighted by molar-refractivity contribution is 6.32. The molecule has 124 valence electrons. The largest absolute Gasteiger partial charge is 0.295 e. The number of allylic oxidation sites excluding steroid dienone is 2. The fraction of sp³-hybridized carbons (Fsp3) is 0.250. The van der Waals surface area contributed by atoms with E-state index in [0.717, 1.165) is 24.8 Å². The summed E-state index contributed by atoms with van der Waals surface area (Å²) in [6.07, 6.45) is 6.25. The summed E-state index contributed by atoms with van der Waals surface area (Å²) in [6, 6.07) is 12.4. The van der Waals surface area contributed by atoms with Gasteiger partial charge in [-0.25, -0.2) is 4.98 Å². The van der Waals surface area contributed by atoms with Gasteiger partial charge in [0, 0.05) is 23.8 Å². The lowest BCUT2D eigenvalue weighted by Gasteiger charge is -2.07. The summed E-state index contributed by atoms with van der Waals surface area (Å²) < 4.78 is 0. The van der Waals surface area contributed by atoms with Gasteiger partial charge in [0.2, 0.25) is 0 Å². The Morgan fingerprint density at radius 3 is 2.42 bits per heavy atom. The zero-order valence-corrected chi connectivity index (χ0v) is 14.4. The van der Waals surface area contributed by atoms with Crippen molar-refractivity contribution in [3.63, 3.8) is 0 Å². The molecule has 4 heteroatoms. The van der Waals surface area contributed by atoms with Crippen LogP contribution in [0.3, 0.4) is 0 Å². The summed E-state index contributed by atoms with van der Waals surface area (Å²) in [6.45, 7) is 2.09. The minimum Gasteiger partial charge on any atom is -0.295 e. The average molecular weight is 342 g/mol. The molecule has 0 unspecified atom stereocenters. The number of nitrogens with zero attached hydrogens (tertiary/aromatic N) is 1. The molecule has 0 N–H and O–H groups in total. The Morgan fingerprint density at radius 1 is 1.04 bits per heavy atom. The van der Waals surface area contributed by atoms with Crippen LogP contribution in [0.2, 0.25) is 5.15 Å². The monoisotopic (exact) mass is 341 g/mol. The van der Waals surface area contributed by atoms with Gasteiger partial charge >= 0.3 is 0 Å². The molecular weight excluding hydrogens is 322 g/mol. The number of hydrogen-bond donors (Lipinski definition) is 0. The molecule has 2 rings (SSSR count). The van der Waals surface area contributed by atoms with E-state index in [2.05, 4.69) is 11.9 Å². The van der Waals surface area contributed by atoms with Gasteiger partial charge in [0.05, 0.1) is 0 Å². The van der Waals surface area contributed by atoms with Crippen LogP contribution in [0.5, 0.6) is 0 Å². The minimum absolute atomic E-state index is 0.0300. The van der Waals surface area contributed by atoms with Gasteiger partial charge in [0.1, 0.15) is 5.15 Å². The van der Waals surface area contributed by atoms with Gasteiger partial charge in [-0.3, -0.25) is 9.59 Å². The maximum absolute atomic E-state index is 12.8. The topological polar surface area (TPSA) is 47.0 Å². The fourth-order valence-electron chi connectivity index (χ4n) is 2.35. The molecule has 1 heterocycles. The van der Waals surface area contributed by atoms with Crippen LogP contribution in [0, 0.1) is 0 Å². The van der Waals surface area contributed by atoms with Gasteiger partial charge in [0.25, 0.3) is 0 Å². The first-order chi connectivity index (χ1) is 11.6. The lowest BCUT2D eigenvalue weighted by molar-refractivity contribution is -0.114. The van der Waals surface area contributed by atoms with Crippen molar-refractivity contribution in [1.29, 1.82) is 0 Å². The number of pyridine rings is 1. The van der Waals surface area contributed by atoms with E-state index in [1.165, 1.54) is 12.3 Å². The van der Waals surface area contributed by atoms with Crippen LogP contribution in [-0.2, 0) is 4.79 Å². The lowest BCUT2D eigenvalue weighted by atomic mass is 9.95. The first kappa shape index (κ1) is 18.1. The fourth-order valence-corrected chi connectivity index (χ4v) is 2.46. The smallest absolute Gasteiger partial charge is 0.195 e. The van der Waals surface area contributed by atoms with Crippen molar-refractivity contribution in [2.45, 2.75) is 32.6 Å². The Morgan fingerprint density at radius 2 is 1.79 bits per heavy atom. The standard InChI is InChI=1S/C20H20ClNO2/c1-2-3-5-10-17(23)13-18(15-8-6-4-7-9-15)20(24)16-11-12-19(21)22-14-16/h4,6-9,11-14H,2-3,5,10H2,1H3/b18-13-. The van der Waals surface area contributed by atoms with Crippen molar-refractivity contribution in [2.75, 3.05) is 0 Å². The number of unbranched alkanes of at least 4 members (excludes halogenated alkanes) is 2. The molecule has 0 aliphatic rings. The Balaban J connectivity index is 2.31. The first-order valence-electron chi connectivity index (χ1n) is 8.08. The SMILES string of the molecule is CCCCCC(=O)/C=C(\C(=O)c1ccc(Cl)nc1)c1ccccc1. The molecule has 0 spiro atoms. The van der Waals surface area contributed by atoms with Crippen LogP contribution >= 0.6 is 11.6 Å². The van der Waals surface area contributed by atoms with Gasteiger partial charge in [-0.1, -0.05) is 61.7 Å². The maximum atomic E-state index is 12.8. The number of rotatable bonds is 8. The molecule has 0 amide bonds. The zero-order chi connectivity index (χ0) is 17.4. The van der Waals surface area contributed by atoms with Crippen molar-refractivity contribution in [3.8, 4) is 0 Å². The van der Waals surface area contributed by atoms with Gasteiger partial charge in [-0.05, 0) is 30.2 Å². The number of benzene rings is 1. The van der Waals surface area contributed by atoms with E-state index in [1.807, 2.05) is 30.3 Å². The molecule has 2 aromatic rings. The van der Waals surface area contributed by atoms with Gasteiger partial charge in [0.15, 0.2) is 11.6 Å². The number of ketones is 2. The Hall–Kier alpha value is -2.26. The predicted molar refractivity (Wildman–Crippen MR) is 97.1 cm³/mol. The van der Waals surface area contributed by atoms with Crippen LogP contribution in [-0.4, -0.2) is 16.6 Å².